The predicted octanol–water partition coefficient (Wildman–Crippen LogP) is 3.60. The van der Waals surface area contributed by atoms with Gasteiger partial charge in [-0.15, -0.1) is 0 Å². The summed E-state index contributed by atoms with van der Waals surface area (Å²) in [7, 11) is 0. The van der Waals surface area contributed by atoms with Crippen molar-refractivity contribution in [3.63, 3.8) is 0 Å². The second-order valence-corrected chi connectivity index (χ2v) is 5.56. The van der Waals surface area contributed by atoms with Crippen LogP contribution in [0.2, 0.25) is 0 Å². The Kier molecular flexibility index (Phi) is 4.80. The molecule has 6 heteroatoms. The number of rotatable bonds is 4. The number of hydrogen-bond acceptors (Lipinski definition) is 3. The van der Waals surface area contributed by atoms with Crippen LogP contribution in [0.3, 0.4) is 0 Å². The monoisotopic (exact) mass is 351 g/mol. The Morgan fingerprint density at radius 2 is 2.10 bits per heavy atom. The van der Waals surface area contributed by atoms with E-state index < -0.39 is 5.82 Å². The molecule has 0 radical (unpaired) electrons. The van der Waals surface area contributed by atoms with Crippen LogP contribution in [0.25, 0.3) is 0 Å². The molecule has 0 aliphatic heterocycles. The number of amidine groups is 1. The number of oxime groups is 1. The molecule has 2 aromatic carbocycles. The molecule has 0 fully saturated rings. The van der Waals surface area contributed by atoms with E-state index in [1.54, 1.807) is 6.07 Å². The zero-order valence-corrected chi connectivity index (χ0v) is 13.0. The first-order chi connectivity index (χ1) is 9.99. The first-order valence-corrected chi connectivity index (χ1v) is 7.06. The minimum atomic E-state index is -0.427. The van der Waals surface area contributed by atoms with Gasteiger partial charge < -0.3 is 16.3 Å². The summed E-state index contributed by atoms with van der Waals surface area (Å²) in [5.74, 6) is -0.543. The molecule has 0 aliphatic carbocycles. The highest BCUT2D eigenvalue weighted by Gasteiger charge is 2.06. The fourth-order valence-corrected chi connectivity index (χ4v) is 2.46. The van der Waals surface area contributed by atoms with Crippen LogP contribution in [-0.2, 0) is 6.54 Å². The lowest BCUT2D eigenvalue weighted by molar-refractivity contribution is 0.318. The summed E-state index contributed by atoms with van der Waals surface area (Å²) in [5.41, 5.74) is 8.59. The molecule has 0 amide bonds. The van der Waals surface area contributed by atoms with E-state index in [-0.39, 0.29) is 5.84 Å². The minimum absolute atomic E-state index is 0.115. The molecule has 0 unspecified atom stereocenters. The van der Waals surface area contributed by atoms with Crippen LogP contribution in [0.5, 0.6) is 0 Å². The van der Waals surface area contributed by atoms with E-state index in [9.17, 15) is 4.39 Å². The van der Waals surface area contributed by atoms with Crippen molar-refractivity contribution in [3.05, 3.63) is 63.4 Å². The van der Waals surface area contributed by atoms with E-state index in [1.807, 2.05) is 25.1 Å². The van der Waals surface area contributed by atoms with Crippen LogP contribution in [0.4, 0.5) is 10.1 Å². The molecule has 110 valence electrons. The lowest BCUT2D eigenvalue weighted by Crippen LogP contribution is -2.14. The van der Waals surface area contributed by atoms with Gasteiger partial charge in [-0.1, -0.05) is 21.1 Å². The van der Waals surface area contributed by atoms with Crippen LogP contribution >= 0.6 is 15.9 Å². The van der Waals surface area contributed by atoms with Crippen LogP contribution in [0.15, 0.2) is 46.0 Å². The lowest BCUT2D eigenvalue weighted by atomic mass is 10.1. The van der Waals surface area contributed by atoms with E-state index in [0.29, 0.717) is 17.7 Å². The summed E-state index contributed by atoms with van der Waals surface area (Å²) in [6.07, 6.45) is 0. The van der Waals surface area contributed by atoms with Gasteiger partial charge in [0.15, 0.2) is 5.84 Å². The largest absolute Gasteiger partial charge is 0.409 e. The maximum absolute atomic E-state index is 13.6. The van der Waals surface area contributed by atoms with Gasteiger partial charge in [-0.3, -0.25) is 0 Å². The van der Waals surface area contributed by atoms with Crippen LogP contribution < -0.4 is 11.1 Å². The second-order valence-electron chi connectivity index (χ2n) is 4.65. The summed E-state index contributed by atoms with van der Waals surface area (Å²) in [4.78, 5) is 0. The number of aryl methyl sites for hydroxylation is 1. The molecule has 21 heavy (non-hydrogen) atoms. The third kappa shape index (κ3) is 3.95. The Bertz CT molecular complexity index is 689. The van der Waals surface area contributed by atoms with E-state index >= 15 is 0 Å². The maximum atomic E-state index is 13.6. The first-order valence-electron chi connectivity index (χ1n) is 6.27. The van der Waals surface area contributed by atoms with Gasteiger partial charge in [0.05, 0.1) is 0 Å². The Labute approximate surface area is 130 Å². The lowest BCUT2D eigenvalue weighted by Gasteiger charge is -2.11. The minimum Gasteiger partial charge on any atom is -0.409 e. The smallest absolute Gasteiger partial charge is 0.170 e. The number of nitrogens with two attached hydrogens (primary N) is 1. The number of nitrogens with one attached hydrogen (secondary N) is 1. The van der Waals surface area contributed by atoms with Crippen LogP contribution in [-0.4, -0.2) is 11.0 Å². The topological polar surface area (TPSA) is 70.6 Å². The molecule has 0 spiro atoms. The van der Waals surface area contributed by atoms with Crippen LogP contribution in [0, 0.1) is 12.7 Å². The van der Waals surface area contributed by atoms with Gasteiger partial charge >= 0.3 is 0 Å². The van der Waals surface area contributed by atoms with Crippen molar-refractivity contribution in [1.82, 2.24) is 0 Å². The Balaban J connectivity index is 2.18. The summed E-state index contributed by atoms with van der Waals surface area (Å²) in [5, 5.41) is 14.8. The van der Waals surface area contributed by atoms with Gasteiger partial charge in [0.25, 0.3) is 0 Å². The predicted molar refractivity (Wildman–Crippen MR) is 85.1 cm³/mol. The van der Waals surface area contributed by atoms with Gasteiger partial charge in [0, 0.05) is 22.3 Å². The molecule has 0 aliphatic rings. The van der Waals surface area contributed by atoms with Crippen molar-refractivity contribution in [2.75, 3.05) is 5.32 Å². The first kappa shape index (κ1) is 15.3. The fourth-order valence-electron chi connectivity index (χ4n) is 1.98. The number of benzene rings is 2. The second kappa shape index (κ2) is 6.58. The van der Waals surface area contributed by atoms with Gasteiger partial charge in [0.2, 0.25) is 0 Å². The van der Waals surface area contributed by atoms with E-state index in [0.717, 1.165) is 15.7 Å². The number of hydrogen-bond donors (Lipinski definition) is 3. The van der Waals surface area contributed by atoms with E-state index in [2.05, 4.69) is 26.4 Å². The molecule has 2 rings (SSSR count). The van der Waals surface area contributed by atoms with Crippen molar-refractivity contribution in [1.29, 1.82) is 0 Å². The Hall–Kier alpha value is -2.08. The molecule has 2 aromatic rings. The molecule has 0 bridgehead atoms. The average Bonchev–Trinajstić information content (AvgIpc) is 2.45. The van der Waals surface area contributed by atoms with Crippen molar-refractivity contribution in [3.8, 4) is 0 Å². The van der Waals surface area contributed by atoms with Crippen molar-refractivity contribution < 1.29 is 9.60 Å². The van der Waals surface area contributed by atoms with Crippen LogP contribution in [0.1, 0.15) is 16.7 Å². The standard InChI is InChI=1S/C15H15BrFN3O/c1-9-4-12(16)2-3-14(9)19-8-10-5-11(15(18)20-21)7-13(17)6-10/h2-7,19,21H,8H2,1H3,(H2,18,20). The summed E-state index contributed by atoms with van der Waals surface area (Å²) in [6, 6.07) is 10.2. The summed E-state index contributed by atoms with van der Waals surface area (Å²) >= 11 is 3.41. The SMILES string of the molecule is Cc1cc(Br)ccc1NCc1cc(F)cc(/C(N)=N/O)c1. The highest BCUT2D eigenvalue weighted by molar-refractivity contribution is 9.10. The summed E-state index contributed by atoms with van der Waals surface area (Å²) < 4.78 is 14.6. The quantitative estimate of drug-likeness (QED) is 0.341. The number of anilines is 1. The molecule has 0 saturated heterocycles. The molecule has 4 N–H and O–H groups in total. The molecule has 4 nitrogen and oxygen atoms in total. The highest BCUT2D eigenvalue weighted by atomic mass is 79.9. The molecule has 0 saturated carbocycles. The van der Waals surface area contributed by atoms with Gasteiger partial charge in [-0.05, 0) is 54.4 Å². The van der Waals surface area contributed by atoms with Crippen molar-refractivity contribution in [2.24, 2.45) is 10.9 Å². The zero-order chi connectivity index (χ0) is 15.4. The number of nitrogens with zero attached hydrogens (tertiary/aromatic N) is 1. The molecular weight excluding hydrogens is 337 g/mol. The summed E-state index contributed by atoms with van der Waals surface area (Å²) in [6.45, 7) is 2.42. The van der Waals surface area contributed by atoms with Gasteiger partial charge in [-0.25, -0.2) is 4.39 Å². The van der Waals surface area contributed by atoms with E-state index in [1.165, 1.54) is 12.1 Å². The van der Waals surface area contributed by atoms with Crippen molar-refractivity contribution in [2.45, 2.75) is 13.5 Å². The zero-order valence-electron chi connectivity index (χ0n) is 11.4. The van der Waals surface area contributed by atoms with E-state index in [4.69, 9.17) is 10.9 Å². The number of halogens is 2. The third-order valence-corrected chi connectivity index (χ3v) is 3.53. The third-order valence-electron chi connectivity index (χ3n) is 3.03. The van der Waals surface area contributed by atoms with Crippen molar-refractivity contribution >= 4 is 27.5 Å². The van der Waals surface area contributed by atoms with Gasteiger partial charge in [-0.2, -0.15) is 0 Å². The molecule has 0 aromatic heterocycles. The Morgan fingerprint density at radius 3 is 2.76 bits per heavy atom. The molecule has 0 atom stereocenters. The normalized spacial score (nSPS) is 11.5. The van der Waals surface area contributed by atoms with Gasteiger partial charge in [0.1, 0.15) is 5.82 Å². The molecular formula is C15H15BrFN3O. The highest BCUT2D eigenvalue weighted by Crippen LogP contribution is 2.21. The molecule has 0 heterocycles. The fraction of sp³-hybridized carbons (Fsp3) is 0.133. The Morgan fingerprint density at radius 1 is 1.33 bits per heavy atom. The maximum Gasteiger partial charge on any atom is 0.170 e. The average molecular weight is 352 g/mol.